The zero-order chi connectivity index (χ0) is 23.4. The number of urea groups is 1. The van der Waals surface area contributed by atoms with Gasteiger partial charge in [-0.05, 0) is 69.0 Å². The first-order valence-electron chi connectivity index (χ1n) is 11.0. The Morgan fingerprint density at radius 1 is 1.24 bits per heavy atom. The number of likely N-dealkylation sites (N-methyl/N-ethyl adjacent to an activating group) is 1. The van der Waals surface area contributed by atoms with E-state index in [1.54, 1.807) is 13.3 Å². The van der Waals surface area contributed by atoms with Crippen LogP contribution in [0.3, 0.4) is 0 Å². The van der Waals surface area contributed by atoms with Gasteiger partial charge in [0, 0.05) is 42.5 Å². The van der Waals surface area contributed by atoms with E-state index in [4.69, 9.17) is 4.74 Å². The highest BCUT2D eigenvalue weighted by Gasteiger charge is 2.22. The highest BCUT2D eigenvalue weighted by Crippen LogP contribution is 2.38. The number of rotatable bonds is 8. The molecule has 0 unspecified atom stereocenters. The number of hydrogen-bond acceptors (Lipinski definition) is 6. The molecule has 0 saturated heterocycles. The Kier molecular flexibility index (Phi) is 6.90. The third-order valence-corrected chi connectivity index (χ3v) is 6.53. The fourth-order valence-electron chi connectivity index (χ4n) is 4.19. The standard InChI is InChI=1S/C24H30N6O2S/c1-24(2,15-25-3)30-13-11-21(28-30)33-29-23(31)27-22-18-7-5-6-16(18)8-9-19(22)17-10-12-26-20(14-17)32-4/h8-14,25H,5-7,15H2,1-4H3,(H2,27,29,31). The van der Waals surface area contributed by atoms with Crippen LogP contribution in [0.5, 0.6) is 5.88 Å². The van der Waals surface area contributed by atoms with Crippen LogP contribution in [0.2, 0.25) is 0 Å². The van der Waals surface area contributed by atoms with Gasteiger partial charge in [-0.15, -0.1) is 0 Å². The number of methoxy groups -OCH3 is 1. The molecule has 0 spiro atoms. The summed E-state index contributed by atoms with van der Waals surface area (Å²) >= 11 is 1.20. The van der Waals surface area contributed by atoms with Gasteiger partial charge in [0.05, 0.1) is 18.3 Å². The van der Waals surface area contributed by atoms with E-state index in [1.807, 2.05) is 36.1 Å². The average Bonchev–Trinajstić information content (AvgIpc) is 3.48. The van der Waals surface area contributed by atoms with Gasteiger partial charge in [-0.2, -0.15) is 5.10 Å². The zero-order valence-corrected chi connectivity index (χ0v) is 20.3. The third kappa shape index (κ3) is 5.15. The Labute approximate surface area is 198 Å². The van der Waals surface area contributed by atoms with E-state index >= 15 is 0 Å². The maximum atomic E-state index is 12.9. The fraction of sp³-hybridized carbons (Fsp3) is 0.375. The lowest BCUT2D eigenvalue weighted by atomic mass is 9.98. The number of pyridine rings is 1. The first kappa shape index (κ1) is 23.1. The van der Waals surface area contributed by atoms with Crippen LogP contribution in [-0.2, 0) is 18.4 Å². The van der Waals surface area contributed by atoms with Gasteiger partial charge in [-0.25, -0.2) is 9.78 Å². The van der Waals surface area contributed by atoms with Crippen LogP contribution in [-0.4, -0.2) is 41.5 Å². The van der Waals surface area contributed by atoms with Crippen LogP contribution < -0.4 is 20.1 Å². The van der Waals surface area contributed by atoms with E-state index in [2.05, 4.69) is 51.4 Å². The minimum absolute atomic E-state index is 0.166. The van der Waals surface area contributed by atoms with Crippen molar-refractivity contribution in [1.29, 1.82) is 0 Å². The Bertz CT molecular complexity index is 1140. The van der Waals surface area contributed by atoms with Crippen LogP contribution in [0.1, 0.15) is 31.4 Å². The monoisotopic (exact) mass is 466 g/mol. The number of ether oxygens (including phenoxy) is 1. The summed E-state index contributed by atoms with van der Waals surface area (Å²) in [5.41, 5.74) is 5.06. The van der Waals surface area contributed by atoms with E-state index < -0.39 is 0 Å². The van der Waals surface area contributed by atoms with Crippen LogP contribution in [0, 0.1) is 0 Å². The molecule has 1 aromatic carbocycles. The molecule has 1 aliphatic carbocycles. The van der Waals surface area contributed by atoms with Gasteiger partial charge in [0.1, 0.15) is 5.03 Å². The van der Waals surface area contributed by atoms with Crippen molar-refractivity contribution in [2.75, 3.05) is 26.0 Å². The number of anilines is 1. The lowest BCUT2D eigenvalue weighted by Crippen LogP contribution is -2.37. The quantitative estimate of drug-likeness (QED) is 0.430. The van der Waals surface area contributed by atoms with Crippen molar-refractivity contribution in [3.05, 3.63) is 53.9 Å². The molecule has 2 heterocycles. The molecule has 0 bridgehead atoms. The molecule has 174 valence electrons. The molecule has 0 fully saturated rings. The van der Waals surface area contributed by atoms with Crippen molar-refractivity contribution >= 4 is 23.7 Å². The van der Waals surface area contributed by atoms with Gasteiger partial charge in [-0.1, -0.05) is 12.1 Å². The van der Waals surface area contributed by atoms with Crippen molar-refractivity contribution in [2.45, 2.75) is 43.7 Å². The van der Waals surface area contributed by atoms with Gasteiger partial charge in [0.25, 0.3) is 0 Å². The van der Waals surface area contributed by atoms with Gasteiger partial charge >= 0.3 is 6.03 Å². The second-order valence-electron chi connectivity index (χ2n) is 8.67. The van der Waals surface area contributed by atoms with Crippen LogP contribution in [0.4, 0.5) is 10.5 Å². The fourth-order valence-corrected chi connectivity index (χ4v) is 4.69. The first-order chi connectivity index (χ1) is 15.9. The highest BCUT2D eigenvalue weighted by atomic mass is 32.2. The SMILES string of the molecule is CNCC(C)(C)n1ccc(SNC(=O)Nc2c(-c3ccnc(OC)c3)ccc3c2CCC3)n1. The summed E-state index contributed by atoms with van der Waals surface area (Å²) in [5.74, 6) is 0.538. The Morgan fingerprint density at radius 2 is 2.09 bits per heavy atom. The third-order valence-electron chi connectivity index (χ3n) is 5.82. The molecule has 0 radical (unpaired) electrons. The van der Waals surface area contributed by atoms with E-state index in [0.717, 1.165) is 47.6 Å². The Balaban J connectivity index is 1.51. The molecule has 3 N–H and O–H groups in total. The molecular weight excluding hydrogens is 436 g/mol. The first-order valence-corrected chi connectivity index (χ1v) is 11.8. The normalized spacial score (nSPS) is 13.0. The van der Waals surface area contributed by atoms with Crippen molar-refractivity contribution in [3.8, 4) is 17.0 Å². The maximum Gasteiger partial charge on any atom is 0.329 e. The van der Waals surface area contributed by atoms with Gasteiger partial charge in [0.15, 0.2) is 0 Å². The van der Waals surface area contributed by atoms with Crippen molar-refractivity contribution in [2.24, 2.45) is 0 Å². The lowest BCUT2D eigenvalue weighted by Gasteiger charge is -2.24. The summed E-state index contributed by atoms with van der Waals surface area (Å²) in [5, 5.41) is 11.6. The van der Waals surface area contributed by atoms with Gasteiger partial charge in [-0.3, -0.25) is 9.40 Å². The lowest BCUT2D eigenvalue weighted by molar-refractivity contribution is 0.257. The van der Waals surface area contributed by atoms with E-state index in [-0.39, 0.29) is 11.6 Å². The Hall–Kier alpha value is -3.04. The number of amides is 2. The molecule has 0 aliphatic heterocycles. The molecule has 9 heteroatoms. The molecule has 4 rings (SSSR count). The van der Waals surface area contributed by atoms with Gasteiger partial charge < -0.3 is 15.4 Å². The number of hydrogen-bond donors (Lipinski definition) is 3. The van der Waals surface area contributed by atoms with Crippen molar-refractivity contribution < 1.29 is 9.53 Å². The van der Waals surface area contributed by atoms with Crippen molar-refractivity contribution in [3.63, 3.8) is 0 Å². The summed E-state index contributed by atoms with van der Waals surface area (Å²) in [6, 6.07) is 9.64. The second kappa shape index (κ2) is 9.84. The largest absolute Gasteiger partial charge is 0.481 e. The molecule has 2 aromatic heterocycles. The number of aryl methyl sites for hydroxylation is 1. The molecule has 2 amide bonds. The summed E-state index contributed by atoms with van der Waals surface area (Å²) in [4.78, 5) is 17.1. The molecular formula is C24H30N6O2S. The number of nitrogens with zero attached hydrogens (tertiary/aromatic N) is 3. The minimum Gasteiger partial charge on any atom is -0.481 e. The maximum absolute atomic E-state index is 12.9. The Morgan fingerprint density at radius 3 is 2.88 bits per heavy atom. The average molecular weight is 467 g/mol. The van der Waals surface area contributed by atoms with Crippen LogP contribution in [0.25, 0.3) is 11.1 Å². The van der Waals surface area contributed by atoms with E-state index in [1.165, 1.54) is 23.1 Å². The second-order valence-corrected chi connectivity index (χ2v) is 9.49. The number of carbonyl (C=O) groups is 1. The predicted octanol–water partition coefficient (Wildman–Crippen LogP) is 4.23. The molecule has 0 saturated carbocycles. The summed E-state index contributed by atoms with van der Waals surface area (Å²) in [6.07, 6.45) is 6.70. The predicted molar refractivity (Wildman–Crippen MR) is 132 cm³/mol. The number of aromatic nitrogens is 3. The van der Waals surface area contributed by atoms with Crippen LogP contribution in [0.15, 0.2) is 47.8 Å². The molecule has 8 nitrogen and oxygen atoms in total. The summed E-state index contributed by atoms with van der Waals surface area (Å²) < 4.78 is 10.1. The zero-order valence-electron chi connectivity index (χ0n) is 19.4. The summed E-state index contributed by atoms with van der Waals surface area (Å²) in [6.45, 7) is 5.00. The van der Waals surface area contributed by atoms with Crippen molar-refractivity contribution in [1.82, 2.24) is 24.8 Å². The van der Waals surface area contributed by atoms with Gasteiger partial charge in [0.2, 0.25) is 5.88 Å². The topological polar surface area (TPSA) is 93.1 Å². The van der Waals surface area contributed by atoms with Crippen LogP contribution >= 0.6 is 11.9 Å². The molecule has 1 aliphatic rings. The number of benzene rings is 1. The minimum atomic E-state index is -0.286. The molecule has 33 heavy (non-hydrogen) atoms. The number of fused-ring (bicyclic) bond motifs is 1. The number of nitrogens with one attached hydrogen (secondary N) is 3. The smallest absolute Gasteiger partial charge is 0.329 e. The molecule has 3 aromatic rings. The van der Waals surface area contributed by atoms with E-state index in [9.17, 15) is 4.79 Å². The van der Waals surface area contributed by atoms with E-state index in [0.29, 0.717) is 5.88 Å². The summed E-state index contributed by atoms with van der Waals surface area (Å²) in [7, 11) is 3.52. The number of carbonyl (C=O) groups excluding carboxylic acids is 1. The molecule has 0 atom stereocenters. The highest BCUT2D eigenvalue weighted by molar-refractivity contribution is 7.97.